The number of anilines is 1. The van der Waals surface area contributed by atoms with E-state index in [1.54, 1.807) is 14.2 Å². The number of rotatable bonds is 7. The molecule has 0 N–H and O–H groups in total. The summed E-state index contributed by atoms with van der Waals surface area (Å²) >= 11 is 0. The molecule has 0 amide bonds. The van der Waals surface area contributed by atoms with Gasteiger partial charge >= 0.3 is 0 Å². The topological polar surface area (TPSA) is 21.7 Å². The Labute approximate surface area is 185 Å². The Morgan fingerprint density at radius 1 is 0.581 bits per heavy atom. The van der Waals surface area contributed by atoms with Crippen molar-refractivity contribution in [3.8, 4) is 11.5 Å². The molecule has 0 atom stereocenters. The van der Waals surface area contributed by atoms with Gasteiger partial charge in [-0.05, 0) is 48.5 Å². The van der Waals surface area contributed by atoms with Gasteiger partial charge in [0.25, 0.3) is 0 Å². The summed E-state index contributed by atoms with van der Waals surface area (Å²) in [6.07, 6.45) is 0. The van der Waals surface area contributed by atoms with Gasteiger partial charge in [0, 0.05) is 13.1 Å². The maximum absolute atomic E-state index is 5.81. The standard InChI is InChI=1S/C27H27NO2P/c1-28(26-20-19-22(29-2)21-27(26)30-3)31(23-13-7-4-8-14-23,24-15-9-5-10-16-24)25-17-11-6-12-18-25/h4-21H,1-3H3/q+1. The molecule has 0 aliphatic rings. The molecule has 0 heterocycles. The van der Waals surface area contributed by atoms with Gasteiger partial charge < -0.3 is 9.47 Å². The number of ether oxygens (including phenoxy) is 2. The maximum Gasteiger partial charge on any atom is 0.202 e. The molecule has 0 unspecified atom stereocenters. The van der Waals surface area contributed by atoms with Gasteiger partial charge in [-0.25, -0.2) is 4.67 Å². The van der Waals surface area contributed by atoms with Crippen LogP contribution < -0.4 is 30.1 Å². The first-order chi connectivity index (χ1) is 15.2. The molecule has 0 radical (unpaired) electrons. The molecule has 0 aromatic heterocycles. The second-order valence-corrected chi connectivity index (χ2v) is 10.6. The number of methoxy groups -OCH3 is 2. The van der Waals surface area contributed by atoms with Crippen molar-refractivity contribution >= 4 is 29.0 Å². The lowest BCUT2D eigenvalue weighted by Crippen LogP contribution is -2.41. The van der Waals surface area contributed by atoms with Crippen LogP contribution in [0.25, 0.3) is 0 Å². The summed E-state index contributed by atoms with van der Waals surface area (Å²) in [5, 5.41) is 3.85. The molecule has 4 rings (SSSR count). The Morgan fingerprint density at radius 2 is 1.03 bits per heavy atom. The van der Waals surface area contributed by atoms with E-state index in [0.717, 1.165) is 17.2 Å². The molecule has 0 saturated carbocycles. The van der Waals surface area contributed by atoms with Gasteiger partial charge in [0.05, 0.1) is 14.2 Å². The van der Waals surface area contributed by atoms with Crippen molar-refractivity contribution in [2.24, 2.45) is 0 Å². The van der Waals surface area contributed by atoms with Crippen LogP contribution in [0.15, 0.2) is 109 Å². The fourth-order valence-electron chi connectivity index (χ4n) is 4.11. The van der Waals surface area contributed by atoms with E-state index >= 15 is 0 Å². The van der Waals surface area contributed by atoms with Gasteiger partial charge in [-0.3, -0.25) is 0 Å². The highest BCUT2D eigenvalue weighted by Crippen LogP contribution is 2.60. The number of nitrogens with zero attached hydrogens (tertiary/aromatic N) is 1. The zero-order chi connectivity index (χ0) is 21.7. The predicted molar refractivity (Wildman–Crippen MR) is 133 cm³/mol. The molecule has 0 fully saturated rings. The van der Waals surface area contributed by atoms with Crippen LogP contribution in [0.4, 0.5) is 5.69 Å². The fourth-order valence-corrected chi connectivity index (χ4v) is 8.34. The lowest BCUT2D eigenvalue weighted by Gasteiger charge is -2.36. The lowest BCUT2D eigenvalue weighted by atomic mass is 10.3. The molecule has 0 spiro atoms. The quantitative estimate of drug-likeness (QED) is 0.385. The summed E-state index contributed by atoms with van der Waals surface area (Å²) in [4.78, 5) is 0. The van der Waals surface area contributed by atoms with Crippen LogP contribution in [0, 0.1) is 0 Å². The van der Waals surface area contributed by atoms with E-state index in [1.165, 1.54) is 15.9 Å². The van der Waals surface area contributed by atoms with E-state index in [2.05, 4.69) is 109 Å². The molecule has 31 heavy (non-hydrogen) atoms. The third-order valence-corrected chi connectivity index (χ3v) is 9.83. The highest BCUT2D eigenvalue weighted by molar-refractivity contribution is 7.96. The van der Waals surface area contributed by atoms with Crippen LogP contribution >= 0.6 is 7.41 Å². The summed E-state index contributed by atoms with van der Waals surface area (Å²) in [7, 11) is 3.34. The minimum Gasteiger partial charge on any atom is -0.497 e. The van der Waals surface area contributed by atoms with Gasteiger partial charge in [-0.15, -0.1) is 0 Å². The Bertz CT molecular complexity index is 1020. The van der Waals surface area contributed by atoms with Crippen LogP contribution in [0.1, 0.15) is 0 Å². The van der Waals surface area contributed by atoms with Crippen molar-refractivity contribution in [3.63, 3.8) is 0 Å². The smallest absolute Gasteiger partial charge is 0.202 e. The van der Waals surface area contributed by atoms with E-state index < -0.39 is 7.41 Å². The Hall–Kier alpha value is -3.29. The van der Waals surface area contributed by atoms with Crippen molar-refractivity contribution in [3.05, 3.63) is 109 Å². The van der Waals surface area contributed by atoms with Crippen molar-refractivity contribution in [1.82, 2.24) is 0 Å². The number of hydrogen-bond donors (Lipinski definition) is 0. The monoisotopic (exact) mass is 428 g/mol. The highest BCUT2D eigenvalue weighted by Gasteiger charge is 2.51. The largest absolute Gasteiger partial charge is 0.497 e. The summed E-state index contributed by atoms with van der Waals surface area (Å²) in [5.41, 5.74) is 1.02. The van der Waals surface area contributed by atoms with E-state index in [0.29, 0.717) is 0 Å². The van der Waals surface area contributed by atoms with E-state index in [9.17, 15) is 0 Å². The molecule has 0 aliphatic carbocycles. The molecule has 3 nitrogen and oxygen atoms in total. The predicted octanol–water partition coefficient (Wildman–Crippen LogP) is 5.05. The van der Waals surface area contributed by atoms with Crippen LogP contribution in [0.2, 0.25) is 0 Å². The normalized spacial score (nSPS) is 11.1. The fraction of sp³-hybridized carbons (Fsp3) is 0.111. The molecule has 4 aromatic rings. The van der Waals surface area contributed by atoms with Gasteiger partial charge in [0.1, 0.15) is 33.1 Å². The summed E-state index contributed by atoms with van der Waals surface area (Å²) in [6.45, 7) is 0. The molecule has 0 bridgehead atoms. The van der Waals surface area contributed by atoms with Crippen molar-refractivity contribution in [1.29, 1.82) is 0 Å². The summed E-state index contributed by atoms with van der Waals surface area (Å²) < 4.78 is 13.7. The van der Waals surface area contributed by atoms with Gasteiger partial charge in [0.15, 0.2) is 0 Å². The SMILES string of the molecule is COc1ccc(N(C)[P+](c2ccccc2)(c2ccccc2)c2ccccc2)c(OC)c1. The van der Waals surface area contributed by atoms with Crippen LogP contribution in [-0.4, -0.2) is 21.3 Å². The van der Waals surface area contributed by atoms with Gasteiger partial charge in [0.2, 0.25) is 7.41 Å². The third-order valence-electron chi connectivity index (χ3n) is 5.58. The van der Waals surface area contributed by atoms with Crippen molar-refractivity contribution in [2.45, 2.75) is 0 Å². The first-order valence-corrected chi connectivity index (χ1v) is 12.0. The zero-order valence-corrected chi connectivity index (χ0v) is 19.0. The first kappa shape index (κ1) is 21.0. The molecule has 4 heteroatoms. The number of hydrogen-bond acceptors (Lipinski definition) is 3. The minimum absolute atomic E-state index is 0.775. The number of benzene rings is 4. The Balaban J connectivity index is 2.06. The molecule has 4 aromatic carbocycles. The second-order valence-electron chi connectivity index (χ2n) is 7.20. The van der Waals surface area contributed by atoms with Crippen LogP contribution in [0.5, 0.6) is 11.5 Å². The van der Waals surface area contributed by atoms with Crippen molar-refractivity contribution < 1.29 is 9.47 Å². The summed E-state index contributed by atoms with van der Waals surface area (Å²) in [6, 6.07) is 38.4. The average Bonchev–Trinajstić information content (AvgIpc) is 2.86. The van der Waals surface area contributed by atoms with Crippen LogP contribution in [0.3, 0.4) is 0 Å². The average molecular weight is 428 g/mol. The third kappa shape index (κ3) is 3.78. The Kier molecular flexibility index (Phi) is 6.25. The van der Waals surface area contributed by atoms with Crippen molar-refractivity contribution in [2.75, 3.05) is 25.9 Å². The Morgan fingerprint density at radius 3 is 1.42 bits per heavy atom. The molecular formula is C27H27NO2P+. The zero-order valence-electron chi connectivity index (χ0n) is 18.1. The maximum atomic E-state index is 5.81. The molecule has 0 saturated heterocycles. The first-order valence-electron chi connectivity index (χ1n) is 10.2. The van der Waals surface area contributed by atoms with Gasteiger partial charge in [-0.2, -0.15) is 0 Å². The molecule has 0 aliphatic heterocycles. The molecular weight excluding hydrogens is 401 g/mol. The minimum atomic E-state index is -2.22. The van der Waals surface area contributed by atoms with Crippen LogP contribution in [-0.2, 0) is 0 Å². The van der Waals surface area contributed by atoms with E-state index in [-0.39, 0.29) is 0 Å². The summed E-state index contributed by atoms with van der Waals surface area (Å²) in [5.74, 6) is 1.56. The second kappa shape index (κ2) is 9.24. The van der Waals surface area contributed by atoms with E-state index in [4.69, 9.17) is 9.47 Å². The van der Waals surface area contributed by atoms with Gasteiger partial charge in [-0.1, -0.05) is 54.6 Å². The van der Waals surface area contributed by atoms with E-state index in [1.807, 2.05) is 12.1 Å². The molecule has 156 valence electrons. The highest BCUT2D eigenvalue weighted by atomic mass is 31.2. The lowest BCUT2D eigenvalue weighted by molar-refractivity contribution is 0.395.